The lowest BCUT2D eigenvalue weighted by molar-refractivity contribution is -0.385. The van der Waals surface area contributed by atoms with Gasteiger partial charge >= 0.3 is 5.97 Å². The van der Waals surface area contributed by atoms with Crippen molar-refractivity contribution >= 4 is 40.4 Å². The first-order valence-electron chi connectivity index (χ1n) is 6.10. The molecular formula is C14H10ClNO5S. The number of nitro groups is 1. The average Bonchev–Trinajstić information content (AvgIpc) is 2.90. The van der Waals surface area contributed by atoms with Crippen molar-refractivity contribution in [1.82, 2.24) is 0 Å². The summed E-state index contributed by atoms with van der Waals surface area (Å²) in [5, 5.41) is 11.0. The summed E-state index contributed by atoms with van der Waals surface area (Å²) in [6.07, 6.45) is 0. The highest BCUT2D eigenvalue weighted by atomic mass is 35.5. The molecule has 6 nitrogen and oxygen atoms in total. The lowest BCUT2D eigenvalue weighted by atomic mass is 10.1. The second kappa shape index (κ2) is 6.67. The third kappa shape index (κ3) is 3.49. The van der Waals surface area contributed by atoms with Gasteiger partial charge in [-0.2, -0.15) is 0 Å². The van der Waals surface area contributed by atoms with Gasteiger partial charge in [0.2, 0.25) is 5.78 Å². The number of nitro benzene ring substituents is 1. The number of carbonyl (C=O) groups is 2. The van der Waals surface area contributed by atoms with Crippen LogP contribution in [0.2, 0.25) is 4.34 Å². The molecule has 8 heteroatoms. The maximum absolute atomic E-state index is 12.0. The molecule has 0 unspecified atom stereocenters. The molecule has 0 amide bonds. The van der Waals surface area contributed by atoms with Gasteiger partial charge in [0.25, 0.3) is 5.69 Å². The summed E-state index contributed by atoms with van der Waals surface area (Å²) < 4.78 is 5.32. The summed E-state index contributed by atoms with van der Waals surface area (Å²) in [5.74, 6) is -1.33. The summed E-state index contributed by atoms with van der Waals surface area (Å²) >= 11 is 6.79. The second-order valence-electron chi connectivity index (χ2n) is 4.33. The van der Waals surface area contributed by atoms with Crippen LogP contribution in [-0.4, -0.2) is 23.3 Å². The fourth-order valence-electron chi connectivity index (χ4n) is 1.81. The summed E-state index contributed by atoms with van der Waals surface area (Å²) in [4.78, 5) is 34.5. The number of esters is 1. The Morgan fingerprint density at radius 1 is 1.32 bits per heavy atom. The number of benzene rings is 1. The second-order valence-corrected chi connectivity index (χ2v) is 6.05. The number of ketones is 1. The zero-order valence-electron chi connectivity index (χ0n) is 11.4. The van der Waals surface area contributed by atoms with Crippen LogP contribution < -0.4 is 0 Å². The normalized spacial score (nSPS) is 10.3. The first-order chi connectivity index (χ1) is 10.4. The fraction of sp³-hybridized carbons (Fsp3) is 0.143. The minimum absolute atomic E-state index is 0.179. The molecule has 0 radical (unpaired) electrons. The van der Waals surface area contributed by atoms with Crippen LogP contribution in [0.4, 0.5) is 5.69 Å². The third-order valence-corrected chi connectivity index (χ3v) is 4.09. The number of ether oxygens (including phenoxy) is 1. The van der Waals surface area contributed by atoms with Crippen LogP contribution >= 0.6 is 22.9 Å². The molecule has 0 saturated carbocycles. The number of thiophene rings is 1. The van der Waals surface area contributed by atoms with Crippen LogP contribution in [0.5, 0.6) is 0 Å². The zero-order valence-corrected chi connectivity index (χ0v) is 12.9. The topological polar surface area (TPSA) is 86.5 Å². The molecule has 0 N–H and O–H groups in total. The van der Waals surface area contributed by atoms with Gasteiger partial charge in [-0.15, -0.1) is 11.3 Å². The van der Waals surface area contributed by atoms with E-state index in [-0.39, 0.29) is 11.3 Å². The van der Waals surface area contributed by atoms with Crippen molar-refractivity contribution in [3.8, 4) is 0 Å². The molecule has 2 aromatic rings. The van der Waals surface area contributed by atoms with E-state index in [4.69, 9.17) is 16.3 Å². The minimum atomic E-state index is -0.911. The number of hydrogen-bond donors (Lipinski definition) is 0. The van der Waals surface area contributed by atoms with Crippen molar-refractivity contribution in [3.05, 3.63) is 60.8 Å². The van der Waals surface area contributed by atoms with Gasteiger partial charge in [-0.3, -0.25) is 14.9 Å². The van der Waals surface area contributed by atoms with Gasteiger partial charge in [0.15, 0.2) is 6.61 Å². The van der Waals surface area contributed by atoms with E-state index in [0.717, 1.165) is 11.3 Å². The predicted octanol–water partition coefficient (Wildman–Crippen LogP) is 3.66. The highest BCUT2D eigenvalue weighted by molar-refractivity contribution is 7.18. The molecule has 0 aliphatic carbocycles. The molecule has 2 rings (SSSR count). The van der Waals surface area contributed by atoms with Crippen molar-refractivity contribution in [2.45, 2.75) is 6.92 Å². The van der Waals surface area contributed by atoms with E-state index in [1.54, 1.807) is 6.07 Å². The Balaban J connectivity index is 2.12. The number of rotatable bonds is 5. The van der Waals surface area contributed by atoms with Crippen molar-refractivity contribution in [3.63, 3.8) is 0 Å². The average molecular weight is 340 g/mol. The van der Waals surface area contributed by atoms with Crippen LogP contribution in [0.3, 0.4) is 0 Å². The Bertz CT molecular complexity index is 755. The van der Waals surface area contributed by atoms with Gasteiger partial charge in [0, 0.05) is 5.56 Å². The van der Waals surface area contributed by atoms with E-state index in [1.165, 1.54) is 31.2 Å². The zero-order chi connectivity index (χ0) is 16.3. The van der Waals surface area contributed by atoms with Gasteiger partial charge in [-0.05, 0) is 25.1 Å². The summed E-state index contributed by atoms with van der Waals surface area (Å²) in [5.41, 5.74) is -0.156. The van der Waals surface area contributed by atoms with Crippen LogP contribution in [-0.2, 0) is 4.74 Å². The highest BCUT2D eigenvalue weighted by Crippen LogP contribution is 2.24. The quantitative estimate of drug-likeness (QED) is 0.359. The summed E-state index contributed by atoms with van der Waals surface area (Å²) in [6.45, 7) is 1.02. The monoisotopic (exact) mass is 339 g/mol. The number of carbonyl (C=O) groups excluding carboxylic acids is 2. The molecule has 0 fully saturated rings. The lowest BCUT2D eigenvalue weighted by Crippen LogP contribution is -2.15. The number of Topliss-reactive ketones (excluding diaryl/α,β-unsaturated/α-hetero) is 1. The molecule has 0 aliphatic rings. The van der Waals surface area contributed by atoms with Gasteiger partial charge < -0.3 is 4.74 Å². The van der Waals surface area contributed by atoms with Crippen LogP contribution in [0, 0.1) is 17.0 Å². The lowest BCUT2D eigenvalue weighted by Gasteiger charge is -2.05. The maximum atomic E-state index is 12.0. The largest absolute Gasteiger partial charge is 0.453 e. The van der Waals surface area contributed by atoms with Gasteiger partial charge in [0.05, 0.1) is 14.1 Å². The van der Waals surface area contributed by atoms with Crippen molar-refractivity contribution in [2.75, 3.05) is 6.61 Å². The first kappa shape index (κ1) is 16.1. The van der Waals surface area contributed by atoms with E-state index in [1.807, 2.05) is 0 Å². The Kier molecular flexibility index (Phi) is 4.89. The van der Waals surface area contributed by atoms with Crippen molar-refractivity contribution in [2.24, 2.45) is 0 Å². The van der Waals surface area contributed by atoms with E-state index in [0.29, 0.717) is 14.8 Å². The number of para-hydroxylation sites is 1. The maximum Gasteiger partial charge on any atom is 0.345 e. The first-order valence-corrected chi connectivity index (χ1v) is 7.29. The molecule has 1 aromatic carbocycles. The van der Waals surface area contributed by atoms with E-state index >= 15 is 0 Å². The molecule has 0 spiro atoms. The van der Waals surface area contributed by atoms with E-state index in [2.05, 4.69) is 0 Å². The molecule has 22 heavy (non-hydrogen) atoms. The Morgan fingerprint density at radius 3 is 2.64 bits per heavy atom. The van der Waals surface area contributed by atoms with Gasteiger partial charge in [-0.1, -0.05) is 23.7 Å². The fourth-order valence-corrected chi connectivity index (χ4v) is 2.78. The Labute approximate surface area is 134 Å². The van der Waals surface area contributed by atoms with Gasteiger partial charge in [0.1, 0.15) is 5.56 Å². The van der Waals surface area contributed by atoms with E-state index < -0.39 is 23.3 Å². The summed E-state index contributed by atoms with van der Waals surface area (Å²) in [6, 6.07) is 7.42. The molecule has 0 saturated heterocycles. The molecule has 0 atom stereocenters. The predicted molar refractivity (Wildman–Crippen MR) is 81.8 cm³/mol. The van der Waals surface area contributed by atoms with Crippen LogP contribution in [0.15, 0.2) is 30.3 Å². The smallest absolute Gasteiger partial charge is 0.345 e. The highest BCUT2D eigenvalue weighted by Gasteiger charge is 2.24. The number of hydrogen-bond acceptors (Lipinski definition) is 6. The number of nitrogens with zero attached hydrogens (tertiary/aromatic N) is 1. The standard InChI is InChI=1S/C14H10ClNO5S/c1-8-3-2-4-9(13(8)16(19)20)14(18)21-7-10(17)11-5-6-12(15)22-11/h2-6H,7H2,1H3. The van der Waals surface area contributed by atoms with Crippen molar-refractivity contribution in [1.29, 1.82) is 0 Å². The van der Waals surface area contributed by atoms with Gasteiger partial charge in [-0.25, -0.2) is 4.79 Å². The van der Waals surface area contributed by atoms with Crippen LogP contribution in [0.1, 0.15) is 25.6 Å². The SMILES string of the molecule is Cc1cccc(C(=O)OCC(=O)c2ccc(Cl)s2)c1[N+](=O)[O-]. The molecule has 0 bridgehead atoms. The van der Waals surface area contributed by atoms with Crippen molar-refractivity contribution < 1.29 is 19.2 Å². The summed E-state index contributed by atoms with van der Waals surface area (Å²) in [7, 11) is 0. The molecule has 0 aliphatic heterocycles. The molecule has 1 aromatic heterocycles. The number of halogens is 1. The molecular weight excluding hydrogens is 330 g/mol. The third-order valence-electron chi connectivity index (χ3n) is 2.82. The molecule has 1 heterocycles. The molecule has 114 valence electrons. The number of aryl methyl sites for hydroxylation is 1. The van der Waals surface area contributed by atoms with E-state index in [9.17, 15) is 19.7 Å². The Hall–Kier alpha value is -2.25. The Morgan fingerprint density at radius 2 is 2.05 bits per heavy atom. The van der Waals surface area contributed by atoms with Crippen LogP contribution in [0.25, 0.3) is 0 Å². The minimum Gasteiger partial charge on any atom is -0.453 e.